The number of carbonyl (C=O) groups is 1. The molecule has 3 rings (SSSR count). The van der Waals surface area contributed by atoms with Crippen LogP contribution in [-0.4, -0.2) is 15.2 Å². The van der Waals surface area contributed by atoms with Crippen molar-refractivity contribution in [2.24, 2.45) is 0 Å². The number of ketones is 1. The minimum Gasteiger partial charge on any atom is -0.297 e. The maximum absolute atomic E-state index is 12.8. The van der Waals surface area contributed by atoms with Gasteiger partial charge in [-0.2, -0.15) is 0 Å². The van der Waals surface area contributed by atoms with Crippen LogP contribution in [0.1, 0.15) is 41.5 Å². The van der Waals surface area contributed by atoms with Crippen molar-refractivity contribution in [3.05, 3.63) is 71.7 Å². The fraction of sp³-hybridized carbons (Fsp3) is 0.222. The summed E-state index contributed by atoms with van der Waals surface area (Å²) in [4.78, 5) is 17.5. The van der Waals surface area contributed by atoms with Gasteiger partial charge in [-0.3, -0.25) is 9.20 Å². The van der Waals surface area contributed by atoms with Gasteiger partial charge in [-0.05, 0) is 25.0 Å². The number of imidazole rings is 1. The molecule has 0 aliphatic heterocycles. The average Bonchev–Trinajstić information content (AvgIpc) is 2.91. The zero-order valence-electron chi connectivity index (χ0n) is 12.1. The molecule has 0 aliphatic rings. The molecule has 1 aromatic carbocycles. The number of unbranched alkanes of at least 4 members (excludes halogenated alkanes) is 1. The highest BCUT2D eigenvalue weighted by Crippen LogP contribution is 2.19. The number of fused-ring (bicyclic) bond motifs is 1. The first-order valence-corrected chi connectivity index (χ1v) is 7.37. The number of rotatable bonds is 5. The van der Waals surface area contributed by atoms with Gasteiger partial charge in [0.1, 0.15) is 11.3 Å². The summed E-state index contributed by atoms with van der Waals surface area (Å²) in [5.74, 6) is 0.0420. The number of pyridine rings is 1. The number of hydrogen-bond donors (Lipinski definition) is 0. The lowest BCUT2D eigenvalue weighted by molar-refractivity contribution is 0.103. The van der Waals surface area contributed by atoms with E-state index in [4.69, 9.17) is 0 Å². The lowest BCUT2D eigenvalue weighted by atomic mass is 10.0. The SMILES string of the molecule is CCCCc1nc2ccccn2c1C(=O)c1ccccc1. The fourth-order valence-corrected chi connectivity index (χ4v) is 2.53. The molecule has 0 atom stereocenters. The van der Waals surface area contributed by atoms with E-state index in [1.54, 1.807) is 0 Å². The first kappa shape index (κ1) is 13.6. The average molecular weight is 278 g/mol. The number of hydrogen-bond acceptors (Lipinski definition) is 2. The highest BCUT2D eigenvalue weighted by Gasteiger charge is 2.19. The van der Waals surface area contributed by atoms with Crippen LogP contribution < -0.4 is 0 Å². The Labute approximate surface area is 124 Å². The van der Waals surface area contributed by atoms with Gasteiger partial charge in [-0.1, -0.05) is 49.7 Å². The Balaban J connectivity index is 2.12. The summed E-state index contributed by atoms with van der Waals surface area (Å²) in [6, 6.07) is 15.2. The van der Waals surface area contributed by atoms with Crippen molar-refractivity contribution in [1.82, 2.24) is 9.38 Å². The van der Waals surface area contributed by atoms with Crippen molar-refractivity contribution in [2.45, 2.75) is 26.2 Å². The van der Waals surface area contributed by atoms with Crippen LogP contribution in [0.3, 0.4) is 0 Å². The molecule has 0 fully saturated rings. The van der Waals surface area contributed by atoms with Crippen LogP contribution in [0.2, 0.25) is 0 Å². The maximum atomic E-state index is 12.8. The van der Waals surface area contributed by atoms with Gasteiger partial charge >= 0.3 is 0 Å². The van der Waals surface area contributed by atoms with Gasteiger partial charge in [0.25, 0.3) is 0 Å². The predicted molar refractivity (Wildman–Crippen MR) is 83.7 cm³/mol. The number of benzene rings is 1. The number of aromatic nitrogens is 2. The molecule has 0 amide bonds. The summed E-state index contributed by atoms with van der Waals surface area (Å²) >= 11 is 0. The summed E-state index contributed by atoms with van der Waals surface area (Å²) in [6.07, 6.45) is 4.88. The Hall–Kier alpha value is -2.42. The molecule has 0 spiro atoms. The topological polar surface area (TPSA) is 34.4 Å². The molecule has 0 saturated heterocycles. The molecule has 0 unspecified atom stereocenters. The van der Waals surface area contributed by atoms with E-state index < -0.39 is 0 Å². The first-order valence-electron chi connectivity index (χ1n) is 7.37. The Morgan fingerprint density at radius 2 is 1.86 bits per heavy atom. The molecule has 0 radical (unpaired) electrons. The van der Waals surface area contributed by atoms with Gasteiger partial charge in [0.2, 0.25) is 5.78 Å². The standard InChI is InChI=1S/C18H18N2O/c1-2-3-11-15-17(18(21)14-9-5-4-6-10-14)20-13-8-7-12-16(20)19-15/h4-10,12-13H,2-3,11H2,1H3. The first-order chi connectivity index (χ1) is 10.3. The van der Waals surface area contributed by atoms with E-state index in [2.05, 4.69) is 11.9 Å². The lowest BCUT2D eigenvalue weighted by Gasteiger charge is -2.04. The summed E-state index contributed by atoms with van der Waals surface area (Å²) < 4.78 is 1.90. The highest BCUT2D eigenvalue weighted by molar-refractivity contribution is 6.09. The summed E-state index contributed by atoms with van der Waals surface area (Å²) in [5, 5.41) is 0. The molecule has 3 nitrogen and oxygen atoms in total. The van der Waals surface area contributed by atoms with Gasteiger partial charge < -0.3 is 0 Å². The van der Waals surface area contributed by atoms with E-state index in [1.165, 1.54) is 0 Å². The molecule has 3 heteroatoms. The molecule has 0 saturated carbocycles. The van der Waals surface area contributed by atoms with Crippen molar-refractivity contribution in [2.75, 3.05) is 0 Å². The fourth-order valence-electron chi connectivity index (χ4n) is 2.53. The third kappa shape index (κ3) is 2.59. The van der Waals surface area contributed by atoms with Crippen LogP contribution in [0.15, 0.2) is 54.7 Å². The lowest BCUT2D eigenvalue weighted by Crippen LogP contribution is -2.08. The zero-order chi connectivity index (χ0) is 14.7. The monoisotopic (exact) mass is 278 g/mol. The van der Waals surface area contributed by atoms with Gasteiger partial charge in [-0.15, -0.1) is 0 Å². The Kier molecular flexibility index (Phi) is 3.82. The van der Waals surface area contributed by atoms with E-state index in [9.17, 15) is 4.79 Å². The third-order valence-corrected chi connectivity index (χ3v) is 3.62. The molecule has 21 heavy (non-hydrogen) atoms. The van der Waals surface area contributed by atoms with Gasteiger partial charge in [0, 0.05) is 11.8 Å². The summed E-state index contributed by atoms with van der Waals surface area (Å²) in [7, 11) is 0. The molecular formula is C18H18N2O. The molecule has 0 aliphatic carbocycles. The Morgan fingerprint density at radius 3 is 2.62 bits per heavy atom. The smallest absolute Gasteiger partial charge is 0.211 e. The summed E-state index contributed by atoms with van der Waals surface area (Å²) in [6.45, 7) is 2.15. The van der Waals surface area contributed by atoms with Crippen LogP contribution in [0.5, 0.6) is 0 Å². The molecule has 106 valence electrons. The van der Waals surface area contributed by atoms with Gasteiger partial charge in [0.05, 0.1) is 5.69 Å². The normalized spacial score (nSPS) is 10.9. The molecule has 0 N–H and O–H groups in total. The largest absolute Gasteiger partial charge is 0.297 e. The van der Waals surface area contributed by atoms with E-state index in [0.717, 1.165) is 30.6 Å². The molecular weight excluding hydrogens is 260 g/mol. The number of nitrogens with zero attached hydrogens (tertiary/aromatic N) is 2. The maximum Gasteiger partial charge on any atom is 0.211 e. The second kappa shape index (κ2) is 5.92. The van der Waals surface area contributed by atoms with E-state index in [1.807, 2.05) is 59.1 Å². The minimum absolute atomic E-state index is 0.0420. The van der Waals surface area contributed by atoms with Crippen LogP contribution in [0.4, 0.5) is 0 Å². The van der Waals surface area contributed by atoms with Crippen molar-refractivity contribution in [3.8, 4) is 0 Å². The minimum atomic E-state index is 0.0420. The molecule has 3 aromatic rings. The Morgan fingerprint density at radius 1 is 1.10 bits per heavy atom. The van der Waals surface area contributed by atoms with E-state index in [0.29, 0.717) is 11.3 Å². The highest BCUT2D eigenvalue weighted by atomic mass is 16.1. The molecule has 0 bridgehead atoms. The van der Waals surface area contributed by atoms with Crippen LogP contribution in [0.25, 0.3) is 5.65 Å². The van der Waals surface area contributed by atoms with Crippen LogP contribution in [0, 0.1) is 0 Å². The van der Waals surface area contributed by atoms with Crippen molar-refractivity contribution >= 4 is 11.4 Å². The predicted octanol–water partition coefficient (Wildman–Crippen LogP) is 3.91. The van der Waals surface area contributed by atoms with Crippen molar-refractivity contribution in [1.29, 1.82) is 0 Å². The number of carbonyl (C=O) groups excluding carboxylic acids is 1. The van der Waals surface area contributed by atoms with Crippen molar-refractivity contribution < 1.29 is 4.79 Å². The van der Waals surface area contributed by atoms with Gasteiger partial charge in [-0.25, -0.2) is 4.98 Å². The second-order valence-corrected chi connectivity index (χ2v) is 5.13. The Bertz CT molecular complexity index is 759. The van der Waals surface area contributed by atoms with E-state index >= 15 is 0 Å². The van der Waals surface area contributed by atoms with Crippen LogP contribution in [-0.2, 0) is 6.42 Å². The number of aryl methyl sites for hydroxylation is 1. The zero-order valence-corrected chi connectivity index (χ0v) is 12.1. The van der Waals surface area contributed by atoms with Crippen molar-refractivity contribution in [3.63, 3.8) is 0 Å². The molecule has 2 aromatic heterocycles. The summed E-state index contributed by atoms with van der Waals surface area (Å²) in [5.41, 5.74) is 3.14. The third-order valence-electron chi connectivity index (χ3n) is 3.62. The second-order valence-electron chi connectivity index (χ2n) is 5.13. The molecule has 2 heterocycles. The van der Waals surface area contributed by atoms with E-state index in [-0.39, 0.29) is 5.78 Å². The van der Waals surface area contributed by atoms with Gasteiger partial charge in [0.15, 0.2) is 0 Å². The van der Waals surface area contributed by atoms with Crippen LogP contribution >= 0.6 is 0 Å². The quantitative estimate of drug-likeness (QED) is 0.663.